The van der Waals surface area contributed by atoms with Crippen LogP contribution < -0.4 is 5.32 Å². The van der Waals surface area contributed by atoms with Crippen LogP contribution >= 0.6 is 11.6 Å². The van der Waals surface area contributed by atoms with Crippen LogP contribution in [0.2, 0.25) is 5.02 Å². The summed E-state index contributed by atoms with van der Waals surface area (Å²) in [5, 5.41) is 2.60. The van der Waals surface area contributed by atoms with E-state index in [1.54, 1.807) is 0 Å². The van der Waals surface area contributed by atoms with Crippen molar-refractivity contribution < 1.29 is 18.7 Å². The topological polar surface area (TPSA) is 47.6 Å². The minimum absolute atomic E-state index is 0.0157. The van der Waals surface area contributed by atoms with Gasteiger partial charge in [-0.15, -0.1) is 0 Å². The van der Waals surface area contributed by atoms with Gasteiger partial charge in [0.25, 0.3) is 5.91 Å². The van der Waals surface area contributed by atoms with E-state index in [-0.39, 0.29) is 17.1 Å². The molecule has 106 valence electrons. The number of carbonyl (C=O) groups excluding carboxylic acids is 1. The molecule has 1 N–H and O–H groups in total. The van der Waals surface area contributed by atoms with E-state index in [1.165, 1.54) is 12.1 Å². The second-order valence-electron chi connectivity index (χ2n) is 3.68. The Hall–Kier alpha value is -1.17. The van der Waals surface area contributed by atoms with Crippen LogP contribution in [0.15, 0.2) is 18.2 Å². The molecule has 0 spiro atoms. The minimum atomic E-state index is -0.625. The Bertz CT molecular complexity index is 422. The van der Waals surface area contributed by atoms with Crippen molar-refractivity contribution >= 4 is 17.5 Å². The normalized spacial score (nSPS) is 10.8. The largest absolute Gasteiger partial charge is 0.351 e. The fourth-order valence-electron chi connectivity index (χ4n) is 1.45. The molecular formula is C13H17ClFNO3. The fourth-order valence-corrected chi connectivity index (χ4v) is 1.57. The summed E-state index contributed by atoms with van der Waals surface area (Å²) in [5.41, 5.74) is 0.202. The Morgan fingerprint density at radius 1 is 1.37 bits per heavy atom. The molecule has 0 aliphatic carbocycles. The molecule has 0 aliphatic heterocycles. The number of rotatable bonds is 7. The standard InChI is InChI=1S/C13H17ClFNO3/c1-3-18-12(19-4-2)8-16-13(17)9-5-6-10(14)11(15)7-9/h5-7,12H,3-4,8H2,1-2H3,(H,16,17). The van der Waals surface area contributed by atoms with Gasteiger partial charge in [0.2, 0.25) is 0 Å². The molecule has 0 radical (unpaired) electrons. The van der Waals surface area contributed by atoms with Crippen molar-refractivity contribution in [3.05, 3.63) is 34.6 Å². The SMILES string of the molecule is CCOC(CNC(=O)c1ccc(Cl)c(F)c1)OCC. The highest BCUT2D eigenvalue weighted by molar-refractivity contribution is 6.30. The van der Waals surface area contributed by atoms with Gasteiger partial charge in [-0.1, -0.05) is 11.6 Å². The van der Waals surface area contributed by atoms with Crippen molar-refractivity contribution in [1.29, 1.82) is 0 Å². The maximum absolute atomic E-state index is 13.2. The zero-order valence-electron chi connectivity index (χ0n) is 10.9. The molecule has 0 saturated carbocycles. The third-order valence-electron chi connectivity index (χ3n) is 2.32. The summed E-state index contributed by atoms with van der Waals surface area (Å²) >= 11 is 5.55. The number of halogens is 2. The Kier molecular flexibility index (Phi) is 6.77. The molecule has 0 aliphatic rings. The van der Waals surface area contributed by atoms with Gasteiger partial charge in [0.1, 0.15) is 5.82 Å². The quantitative estimate of drug-likeness (QED) is 0.785. The minimum Gasteiger partial charge on any atom is -0.351 e. The number of hydrogen-bond acceptors (Lipinski definition) is 3. The second kappa shape index (κ2) is 8.09. The number of carbonyl (C=O) groups is 1. The molecule has 1 aromatic carbocycles. The van der Waals surface area contributed by atoms with E-state index in [0.29, 0.717) is 13.2 Å². The molecule has 1 rings (SSSR count). The van der Waals surface area contributed by atoms with Crippen molar-refractivity contribution in [2.75, 3.05) is 19.8 Å². The Balaban J connectivity index is 2.56. The van der Waals surface area contributed by atoms with Gasteiger partial charge in [0, 0.05) is 18.8 Å². The zero-order chi connectivity index (χ0) is 14.3. The Labute approximate surface area is 116 Å². The zero-order valence-corrected chi connectivity index (χ0v) is 11.7. The van der Waals surface area contributed by atoms with E-state index < -0.39 is 18.0 Å². The summed E-state index contributed by atoms with van der Waals surface area (Å²) in [6.07, 6.45) is -0.504. The number of ether oxygens (including phenoxy) is 2. The van der Waals surface area contributed by atoms with E-state index in [9.17, 15) is 9.18 Å². The van der Waals surface area contributed by atoms with E-state index >= 15 is 0 Å². The van der Waals surface area contributed by atoms with Crippen LogP contribution in [0.3, 0.4) is 0 Å². The van der Waals surface area contributed by atoms with Gasteiger partial charge in [0.05, 0.1) is 11.6 Å². The molecule has 0 aromatic heterocycles. The highest BCUT2D eigenvalue weighted by Gasteiger charge is 2.12. The van der Waals surface area contributed by atoms with Crippen LogP contribution in [0.1, 0.15) is 24.2 Å². The average molecular weight is 290 g/mol. The lowest BCUT2D eigenvalue weighted by Crippen LogP contribution is -2.35. The smallest absolute Gasteiger partial charge is 0.251 e. The summed E-state index contributed by atoms with van der Waals surface area (Å²) in [7, 11) is 0. The van der Waals surface area contributed by atoms with Gasteiger partial charge >= 0.3 is 0 Å². The molecule has 4 nitrogen and oxygen atoms in total. The lowest BCUT2D eigenvalue weighted by molar-refractivity contribution is -0.131. The lowest BCUT2D eigenvalue weighted by Gasteiger charge is -2.17. The molecule has 0 heterocycles. The van der Waals surface area contributed by atoms with Crippen LogP contribution in [0, 0.1) is 5.82 Å². The average Bonchev–Trinajstić information content (AvgIpc) is 2.39. The van der Waals surface area contributed by atoms with Gasteiger partial charge < -0.3 is 14.8 Å². The molecule has 6 heteroatoms. The molecule has 0 atom stereocenters. The van der Waals surface area contributed by atoms with Crippen LogP contribution in [0.5, 0.6) is 0 Å². The molecule has 0 unspecified atom stereocenters. The Morgan fingerprint density at radius 3 is 2.53 bits per heavy atom. The number of amides is 1. The van der Waals surface area contributed by atoms with E-state index in [1.807, 2.05) is 13.8 Å². The van der Waals surface area contributed by atoms with Crippen LogP contribution in [0.25, 0.3) is 0 Å². The number of nitrogens with one attached hydrogen (secondary N) is 1. The van der Waals surface area contributed by atoms with Gasteiger partial charge in [-0.05, 0) is 32.0 Å². The molecular weight excluding hydrogens is 273 g/mol. The third kappa shape index (κ3) is 5.14. The van der Waals surface area contributed by atoms with Gasteiger partial charge in [-0.25, -0.2) is 4.39 Å². The maximum atomic E-state index is 13.2. The van der Waals surface area contributed by atoms with Crippen molar-refractivity contribution in [3.63, 3.8) is 0 Å². The van der Waals surface area contributed by atoms with Crippen LogP contribution in [-0.2, 0) is 9.47 Å². The first-order valence-corrected chi connectivity index (χ1v) is 6.42. The van der Waals surface area contributed by atoms with Crippen LogP contribution in [0.4, 0.5) is 4.39 Å². The maximum Gasteiger partial charge on any atom is 0.251 e. The molecule has 1 aromatic rings. The molecule has 0 fully saturated rings. The third-order valence-corrected chi connectivity index (χ3v) is 2.62. The van der Waals surface area contributed by atoms with Gasteiger partial charge in [-0.3, -0.25) is 4.79 Å². The molecule has 0 bridgehead atoms. The highest BCUT2D eigenvalue weighted by atomic mass is 35.5. The second-order valence-corrected chi connectivity index (χ2v) is 4.09. The van der Waals surface area contributed by atoms with Gasteiger partial charge in [0.15, 0.2) is 6.29 Å². The first-order chi connectivity index (χ1) is 9.08. The Morgan fingerprint density at radius 2 is 2.00 bits per heavy atom. The predicted octanol–water partition coefficient (Wildman–Crippen LogP) is 2.61. The van der Waals surface area contributed by atoms with E-state index in [0.717, 1.165) is 6.07 Å². The van der Waals surface area contributed by atoms with Crippen molar-refractivity contribution in [2.24, 2.45) is 0 Å². The van der Waals surface area contributed by atoms with Crippen molar-refractivity contribution in [3.8, 4) is 0 Å². The number of hydrogen-bond donors (Lipinski definition) is 1. The monoisotopic (exact) mass is 289 g/mol. The first-order valence-electron chi connectivity index (χ1n) is 6.04. The fraction of sp³-hybridized carbons (Fsp3) is 0.462. The van der Waals surface area contributed by atoms with E-state index in [4.69, 9.17) is 21.1 Å². The highest BCUT2D eigenvalue weighted by Crippen LogP contribution is 2.15. The summed E-state index contributed by atoms with van der Waals surface area (Å²) < 4.78 is 23.8. The predicted molar refractivity (Wildman–Crippen MR) is 70.8 cm³/mol. The summed E-state index contributed by atoms with van der Waals surface area (Å²) in [4.78, 5) is 11.8. The van der Waals surface area contributed by atoms with Crippen molar-refractivity contribution in [2.45, 2.75) is 20.1 Å². The lowest BCUT2D eigenvalue weighted by atomic mass is 10.2. The summed E-state index contributed by atoms with van der Waals surface area (Å²) in [6, 6.07) is 3.89. The van der Waals surface area contributed by atoms with Crippen LogP contribution in [-0.4, -0.2) is 32.0 Å². The molecule has 19 heavy (non-hydrogen) atoms. The summed E-state index contributed by atoms with van der Waals surface area (Å²) in [6.45, 7) is 4.84. The van der Waals surface area contributed by atoms with Gasteiger partial charge in [-0.2, -0.15) is 0 Å². The molecule has 1 amide bonds. The first kappa shape index (κ1) is 15.9. The van der Waals surface area contributed by atoms with E-state index in [2.05, 4.69) is 5.32 Å². The summed E-state index contributed by atoms with van der Waals surface area (Å²) in [5.74, 6) is -1.03. The number of benzene rings is 1. The molecule has 0 saturated heterocycles. The van der Waals surface area contributed by atoms with Crippen molar-refractivity contribution in [1.82, 2.24) is 5.32 Å².